The fraction of sp³-hybridized carbons (Fsp3) is 0.429. The molecular formula is C21H25NO4. The molecule has 138 valence electrons. The predicted molar refractivity (Wildman–Crippen MR) is 100.0 cm³/mol. The number of hydrogen-bond acceptors (Lipinski definition) is 3. The predicted octanol–water partition coefficient (Wildman–Crippen LogP) is 3.16. The van der Waals surface area contributed by atoms with Crippen LogP contribution in [0.15, 0.2) is 42.5 Å². The SMILES string of the molecule is O=C(CCC1CCCO1)NCC(Cc1cccc2ccccc12)C(=O)O. The summed E-state index contributed by atoms with van der Waals surface area (Å²) in [5.41, 5.74) is 0.990. The highest BCUT2D eigenvalue weighted by Crippen LogP contribution is 2.21. The maximum absolute atomic E-state index is 12.0. The molecule has 5 nitrogen and oxygen atoms in total. The number of fused-ring (bicyclic) bond motifs is 1. The van der Waals surface area contributed by atoms with Crippen molar-refractivity contribution >= 4 is 22.6 Å². The van der Waals surface area contributed by atoms with Crippen molar-refractivity contribution in [3.05, 3.63) is 48.0 Å². The summed E-state index contributed by atoms with van der Waals surface area (Å²) in [4.78, 5) is 23.7. The van der Waals surface area contributed by atoms with Crippen LogP contribution in [0.25, 0.3) is 10.8 Å². The standard InChI is InChI=1S/C21H25NO4/c23-20(11-10-18-8-4-12-26-18)22-14-17(21(24)25)13-16-7-3-6-15-5-1-2-9-19(15)16/h1-3,5-7,9,17-18H,4,8,10-14H2,(H,22,23)(H,24,25). The van der Waals surface area contributed by atoms with Crippen LogP contribution in [0.3, 0.4) is 0 Å². The first-order valence-corrected chi connectivity index (χ1v) is 9.21. The quantitative estimate of drug-likeness (QED) is 0.763. The highest BCUT2D eigenvalue weighted by molar-refractivity contribution is 5.86. The van der Waals surface area contributed by atoms with Gasteiger partial charge in [-0.25, -0.2) is 0 Å². The molecule has 1 aliphatic rings. The Morgan fingerprint density at radius 3 is 2.77 bits per heavy atom. The van der Waals surface area contributed by atoms with Crippen LogP contribution in [-0.4, -0.2) is 36.2 Å². The zero-order valence-electron chi connectivity index (χ0n) is 14.8. The van der Waals surface area contributed by atoms with Gasteiger partial charge in [-0.1, -0.05) is 42.5 Å². The van der Waals surface area contributed by atoms with E-state index >= 15 is 0 Å². The first-order valence-electron chi connectivity index (χ1n) is 9.21. The van der Waals surface area contributed by atoms with E-state index in [2.05, 4.69) is 5.32 Å². The lowest BCUT2D eigenvalue weighted by atomic mass is 9.94. The van der Waals surface area contributed by atoms with Crippen LogP contribution in [0.2, 0.25) is 0 Å². The Morgan fingerprint density at radius 1 is 1.19 bits per heavy atom. The molecule has 2 aromatic rings. The monoisotopic (exact) mass is 355 g/mol. The Hall–Kier alpha value is -2.40. The molecule has 1 saturated heterocycles. The van der Waals surface area contributed by atoms with E-state index in [1.54, 1.807) is 0 Å². The van der Waals surface area contributed by atoms with Crippen molar-refractivity contribution in [2.75, 3.05) is 13.2 Å². The molecule has 0 aromatic heterocycles. The number of aliphatic carboxylic acids is 1. The third-order valence-corrected chi connectivity index (χ3v) is 4.96. The molecule has 0 radical (unpaired) electrons. The van der Waals surface area contributed by atoms with E-state index in [0.29, 0.717) is 19.3 Å². The number of hydrogen-bond donors (Lipinski definition) is 2. The minimum absolute atomic E-state index is 0.107. The molecule has 2 N–H and O–H groups in total. The lowest BCUT2D eigenvalue weighted by Crippen LogP contribution is -2.34. The zero-order chi connectivity index (χ0) is 18.4. The lowest BCUT2D eigenvalue weighted by Gasteiger charge is -2.15. The molecular weight excluding hydrogens is 330 g/mol. The number of amides is 1. The van der Waals surface area contributed by atoms with Crippen LogP contribution in [-0.2, 0) is 20.7 Å². The van der Waals surface area contributed by atoms with Gasteiger partial charge in [-0.15, -0.1) is 0 Å². The number of carbonyl (C=O) groups excluding carboxylic acids is 1. The maximum Gasteiger partial charge on any atom is 0.308 e. The number of benzene rings is 2. The van der Waals surface area contributed by atoms with Crippen LogP contribution in [0.5, 0.6) is 0 Å². The third kappa shape index (κ3) is 4.82. The Kier molecular flexibility index (Phi) is 6.23. The van der Waals surface area contributed by atoms with Crippen LogP contribution >= 0.6 is 0 Å². The summed E-state index contributed by atoms with van der Waals surface area (Å²) >= 11 is 0. The van der Waals surface area contributed by atoms with E-state index in [1.165, 1.54) is 0 Å². The topological polar surface area (TPSA) is 75.6 Å². The van der Waals surface area contributed by atoms with Gasteiger partial charge < -0.3 is 15.2 Å². The summed E-state index contributed by atoms with van der Waals surface area (Å²) in [7, 11) is 0. The number of carbonyl (C=O) groups is 2. The minimum Gasteiger partial charge on any atom is -0.481 e. The number of rotatable bonds is 8. The molecule has 0 aliphatic carbocycles. The van der Waals surface area contributed by atoms with Crippen molar-refractivity contribution in [1.29, 1.82) is 0 Å². The van der Waals surface area contributed by atoms with E-state index < -0.39 is 11.9 Å². The number of carboxylic acid groups (broad SMARTS) is 1. The molecule has 1 heterocycles. The van der Waals surface area contributed by atoms with Gasteiger partial charge in [-0.3, -0.25) is 9.59 Å². The molecule has 0 spiro atoms. The summed E-state index contributed by atoms with van der Waals surface area (Å²) in [6.07, 6.45) is 3.71. The van der Waals surface area contributed by atoms with Gasteiger partial charge in [0.15, 0.2) is 0 Å². The van der Waals surface area contributed by atoms with Crippen LogP contribution in [0.1, 0.15) is 31.2 Å². The van der Waals surface area contributed by atoms with Crippen molar-refractivity contribution in [3.8, 4) is 0 Å². The van der Waals surface area contributed by atoms with E-state index in [1.807, 2.05) is 42.5 Å². The normalized spacial score (nSPS) is 17.9. The summed E-state index contributed by atoms with van der Waals surface area (Å²) in [5, 5.41) is 14.5. The van der Waals surface area contributed by atoms with Crippen LogP contribution < -0.4 is 5.32 Å². The number of nitrogens with one attached hydrogen (secondary N) is 1. The van der Waals surface area contributed by atoms with Gasteiger partial charge in [-0.05, 0) is 42.0 Å². The fourth-order valence-corrected chi connectivity index (χ4v) is 3.47. The molecule has 1 amide bonds. The van der Waals surface area contributed by atoms with E-state index in [9.17, 15) is 14.7 Å². The molecule has 2 atom stereocenters. The van der Waals surface area contributed by atoms with Crippen molar-refractivity contribution in [2.24, 2.45) is 5.92 Å². The van der Waals surface area contributed by atoms with Gasteiger partial charge in [0.1, 0.15) is 0 Å². The van der Waals surface area contributed by atoms with E-state index in [0.717, 1.165) is 35.8 Å². The second-order valence-electron chi connectivity index (χ2n) is 6.86. The average Bonchev–Trinajstić information content (AvgIpc) is 3.17. The highest BCUT2D eigenvalue weighted by atomic mass is 16.5. The molecule has 0 bridgehead atoms. The summed E-state index contributed by atoms with van der Waals surface area (Å²) in [6.45, 7) is 0.918. The van der Waals surface area contributed by atoms with Crippen molar-refractivity contribution < 1.29 is 19.4 Å². The van der Waals surface area contributed by atoms with Crippen molar-refractivity contribution in [3.63, 3.8) is 0 Å². The fourth-order valence-electron chi connectivity index (χ4n) is 3.47. The van der Waals surface area contributed by atoms with Gasteiger partial charge in [-0.2, -0.15) is 0 Å². The Labute approximate surface area is 153 Å². The molecule has 3 rings (SSSR count). The van der Waals surface area contributed by atoms with Gasteiger partial charge >= 0.3 is 5.97 Å². The van der Waals surface area contributed by atoms with Gasteiger partial charge in [0.25, 0.3) is 0 Å². The first kappa shape index (κ1) is 18.4. The van der Waals surface area contributed by atoms with Gasteiger partial charge in [0.2, 0.25) is 5.91 Å². The largest absolute Gasteiger partial charge is 0.481 e. The highest BCUT2D eigenvalue weighted by Gasteiger charge is 2.21. The summed E-state index contributed by atoms with van der Waals surface area (Å²) in [5.74, 6) is -1.64. The molecule has 5 heteroatoms. The minimum atomic E-state index is -0.891. The van der Waals surface area contributed by atoms with E-state index in [4.69, 9.17) is 4.74 Å². The summed E-state index contributed by atoms with van der Waals surface area (Å²) in [6, 6.07) is 13.9. The Balaban J connectivity index is 1.56. The Bertz CT molecular complexity index is 762. The second-order valence-corrected chi connectivity index (χ2v) is 6.86. The molecule has 2 unspecified atom stereocenters. The maximum atomic E-state index is 12.0. The van der Waals surface area contributed by atoms with Gasteiger partial charge in [0.05, 0.1) is 12.0 Å². The summed E-state index contributed by atoms with van der Waals surface area (Å²) < 4.78 is 5.51. The zero-order valence-corrected chi connectivity index (χ0v) is 14.8. The number of ether oxygens (including phenoxy) is 1. The third-order valence-electron chi connectivity index (χ3n) is 4.96. The molecule has 26 heavy (non-hydrogen) atoms. The smallest absolute Gasteiger partial charge is 0.308 e. The van der Waals surface area contributed by atoms with Crippen molar-refractivity contribution in [1.82, 2.24) is 5.32 Å². The van der Waals surface area contributed by atoms with Crippen molar-refractivity contribution in [2.45, 2.75) is 38.2 Å². The Morgan fingerprint density at radius 2 is 2.00 bits per heavy atom. The average molecular weight is 355 g/mol. The molecule has 1 fully saturated rings. The number of carboxylic acids is 1. The second kappa shape index (κ2) is 8.81. The van der Waals surface area contributed by atoms with Gasteiger partial charge in [0, 0.05) is 19.6 Å². The molecule has 2 aromatic carbocycles. The van der Waals surface area contributed by atoms with E-state index in [-0.39, 0.29) is 18.6 Å². The molecule has 0 saturated carbocycles. The lowest BCUT2D eigenvalue weighted by molar-refractivity contribution is -0.141. The molecule has 1 aliphatic heterocycles. The van der Waals surface area contributed by atoms with Crippen LogP contribution in [0, 0.1) is 5.92 Å². The van der Waals surface area contributed by atoms with Crippen LogP contribution in [0.4, 0.5) is 0 Å². The first-order chi connectivity index (χ1) is 12.6.